The summed E-state index contributed by atoms with van der Waals surface area (Å²) in [5.74, 6) is 0.0982. The van der Waals surface area contributed by atoms with Gasteiger partial charge in [-0.15, -0.1) is 10.2 Å². The molecule has 0 radical (unpaired) electrons. The van der Waals surface area contributed by atoms with Crippen molar-refractivity contribution in [3.63, 3.8) is 0 Å². The van der Waals surface area contributed by atoms with Gasteiger partial charge in [-0.05, 0) is 6.92 Å². The van der Waals surface area contributed by atoms with Crippen LogP contribution in [0, 0.1) is 0 Å². The fourth-order valence-electron chi connectivity index (χ4n) is 1.13. The molecule has 0 fully saturated rings. The van der Waals surface area contributed by atoms with Crippen LogP contribution in [0.5, 0.6) is 0 Å². The molecule has 14 heavy (non-hydrogen) atoms. The average Bonchev–Trinajstić information content (AvgIpc) is 2.56. The number of hydrogen-bond acceptors (Lipinski definition) is 4. The van der Waals surface area contributed by atoms with Gasteiger partial charge in [0.1, 0.15) is 5.82 Å². The van der Waals surface area contributed by atoms with Gasteiger partial charge in [-0.1, -0.05) is 18.7 Å². The summed E-state index contributed by atoms with van der Waals surface area (Å²) in [6.07, 6.45) is 0.814. The molecule has 0 aliphatic heterocycles. The minimum Gasteiger partial charge on any atom is -0.481 e. The smallest absolute Gasteiger partial charge is 0.313 e. The van der Waals surface area contributed by atoms with E-state index in [1.165, 1.54) is 11.8 Å². The summed E-state index contributed by atoms with van der Waals surface area (Å²) in [6.45, 7) is 4.77. The maximum absolute atomic E-state index is 10.4. The molecule has 1 aromatic heterocycles. The van der Waals surface area contributed by atoms with Gasteiger partial charge in [0.2, 0.25) is 0 Å². The van der Waals surface area contributed by atoms with Crippen molar-refractivity contribution >= 4 is 17.7 Å². The van der Waals surface area contributed by atoms with E-state index in [9.17, 15) is 4.79 Å². The predicted molar refractivity (Wildman–Crippen MR) is 53.4 cm³/mol. The van der Waals surface area contributed by atoms with Gasteiger partial charge in [-0.2, -0.15) is 0 Å². The Hall–Kier alpha value is -1.04. The third-order valence-corrected chi connectivity index (χ3v) is 2.70. The van der Waals surface area contributed by atoms with Crippen LogP contribution in [0.3, 0.4) is 0 Å². The van der Waals surface area contributed by atoms with E-state index < -0.39 is 5.97 Å². The molecule has 1 heterocycles. The number of carbonyl (C=O) groups is 1. The van der Waals surface area contributed by atoms with Crippen LogP contribution in [0.15, 0.2) is 5.16 Å². The second-order valence-corrected chi connectivity index (χ2v) is 3.62. The molecule has 0 saturated carbocycles. The standard InChI is InChI=1S/C8H13N3O2S/c1-3-6-9-10-8(11(6)4-2)14-5-7(12)13/h3-5H2,1-2H3,(H,12,13). The lowest BCUT2D eigenvalue weighted by molar-refractivity contribution is -0.133. The summed E-state index contributed by atoms with van der Waals surface area (Å²) < 4.78 is 1.94. The Kier molecular flexibility index (Phi) is 3.94. The number of aromatic nitrogens is 3. The van der Waals surface area contributed by atoms with Crippen molar-refractivity contribution < 1.29 is 9.90 Å². The molecular formula is C8H13N3O2S. The van der Waals surface area contributed by atoms with Crippen LogP contribution in [-0.4, -0.2) is 31.6 Å². The molecule has 6 heteroatoms. The maximum atomic E-state index is 10.4. The zero-order chi connectivity index (χ0) is 10.6. The molecule has 0 amide bonds. The SMILES string of the molecule is CCc1nnc(SCC(=O)O)n1CC. The quantitative estimate of drug-likeness (QED) is 0.743. The van der Waals surface area contributed by atoms with Crippen LogP contribution in [0.2, 0.25) is 0 Å². The highest BCUT2D eigenvalue weighted by molar-refractivity contribution is 7.99. The fourth-order valence-corrected chi connectivity index (χ4v) is 1.87. The zero-order valence-electron chi connectivity index (χ0n) is 8.23. The summed E-state index contributed by atoms with van der Waals surface area (Å²) in [5, 5.41) is 17.1. The van der Waals surface area contributed by atoms with E-state index >= 15 is 0 Å². The first-order valence-electron chi connectivity index (χ1n) is 4.45. The van der Waals surface area contributed by atoms with E-state index in [-0.39, 0.29) is 5.75 Å². The van der Waals surface area contributed by atoms with E-state index in [1.54, 1.807) is 0 Å². The summed E-state index contributed by atoms with van der Waals surface area (Å²) in [6, 6.07) is 0. The van der Waals surface area contributed by atoms with Crippen molar-refractivity contribution in [2.45, 2.75) is 32.0 Å². The normalized spacial score (nSPS) is 10.4. The van der Waals surface area contributed by atoms with Crippen molar-refractivity contribution in [1.82, 2.24) is 14.8 Å². The number of aliphatic carboxylic acids is 1. The van der Waals surface area contributed by atoms with Gasteiger partial charge in [0, 0.05) is 13.0 Å². The van der Waals surface area contributed by atoms with Gasteiger partial charge in [-0.25, -0.2) is 0 Å². The molecule has 78 valence electrons. The summed E-state index contributed by atoms with van der Waals surface area (Å²) in [5.41, 5.74) is 0. The molecule has 0 aliphatic carbocycles. The third kappa shape index (κ3) is 2.47. The van der Waals surface area contributed by atoms with Crippen LogP contribution in [0.4, 0.5) is 0 Å². The summed E-state index contributed by atoms with van der Waals surface area (Å²) >= 11 is 1.21. The molecule has 0 atom stereocenters. The monoisotopic (exact) mass is 215 g/mol. The van der Waals surface area contributed by atoms with Gasteiger partial charge >= 0.3 is 5.97 Å². The topological polar surface area (TPSA) is 68.0 Å². The molecule has 1 N–H and O–H groups in total. The Labute approximate surface area is 86.5 Å². The lowest BCUT2D eigenvalue weighted by Crippen LogP contribution is -2.04. The Morgan fingerprint density at radius 3 is 2.71 bits per heavy atom. The molecule has 0 saturated heterocycles. The molecular weight excluding hydrogens is 202 g/mol. The fraction of sp³-hybridized carbons (Fsp3) is 0.625. The molecule has 1 rings (SSSR count). The first kappa shape index (κ1) is 11.0. The first-order chi connectivity index (χ1) is 6.69. The minimum absolute atomic E-state index is 0.0296. The molecule has 0 unspecified atom stereocenters. The third-order valence-electron chi connectivity index (χ3n) is 1.75. The number of nitrogens with zero attached hydrogens (tertiary/aromatic N) is 3. The van der Waals surface area contributed by atoms with E-state index in [1.807, 2.05) is 18.4 Å². The molecule has 0 spiro atoms. The van der Waals surface area contributed by atoms with E-state index in [0.29, 0.717) is 5.16 Å². The molecule has 0 aromatic carbocycles. The van der Waals surface area contributed by atoms with Crippen LogP contribution in [0.25, 0.3) is 0 Å². The van der Waals surface area contributed by atoms with Crippen molar-refractivity contribution in [2.24, 2.45) is 0 Å². The lowest BCUT2D eigenvalue weighted by atomic mass is 10.4. The van der Waals surface area contributed by atoms with E-state index in [4.69, 9.17) is 5.11 Å². The van der Waals surface area contributed by atoms with Crippen molar-refractivity contribution in [1.29, 1.82) is 0 Å². The van der Waals surface area contributed by atoms with Crippen LogP contribution < -0.4 is 0 Å². The minimum atomic E-state index is -0.835. The number of hydrogen-bond donors (Lipinski definition) is 1. The van der Waals surface area contributed by atoms with E-state index in [2.05, 4.69) is 10.2 Å². The average molecular weight is 215 g/mol. The predicted octanol–water partition coefficient (Wildman–Crippen LogP) is 1.04. The Bertz CT molecular complexity index is 324. The molecule has 5 nitrogen and oxygen atoms in total. The number of aryl methyl sites for hydroxylation is 1. The summed E-state index contributed by atoms with van der Waals surface area (Å²) in [7, 11) is 0. The van der Waals surface area contributed by atoms with Gasteiger partial charge in [0.15, 0.2) is 5.16 Å². The van der Waals surface area contributed by atoms with Crippen molar-refractivity contribution in [3.05, 3.63) is 5.82 Å². The van der Waals surface area contributed by atoms with Crippen LogP contribution in [-0.2, 0) is 17.8 Å². The van der Waals surface area contributed by atoms with Gasteiger partial charge in [0.05, 0.1) is 5.75 Å². The zero-order valence-corrected chi connectivity index (χ0v) is 9.04. The first-order valence-corrected chi connectivity index (χ1v) is 5.44. The highest BCUT2D eigenvalue weighted by atomic mass is 32.2. The van der Waals surface area contributed by atoms with Crippen molar-refractivity contribution in [3.8, 4) is 0 Å². The molecule has 0 aliphatic rings. The largest absolute Gasteiger partial charge is 0.481 e. The van der Waals surface area contributed by atoms with E-state index in [0.717, 1.165) is 18.8 Å². The number of carboxylic acids is 1. The number of thioether (sulfide) groups is 1. The van der Waals surface area contributed by atoms with Gasteiger partial charge < -0.3 is 9.67 Å². The molecule has 0 bridgehead atoms. The number of carboxylic acid groups (broad SMARTS) is 1. The van der Waals surface area contributed by atoms with Crippen LogP contribution >= 0.6 is 11.8 Å². The van der Waals surface area contributed by atoms with Gasteiger partial charge in [0.25, 0.3) is 0 Å². The Balaban J connectivity index is 2.75. The van der Waals surface area contributed by atoms with Crippen LogP contribution in [0.1, 0.15) is 19.7 Å². The Morgan fingerprint density at radius 1 is 1.50 bits per heavy atom. The molecule has 1 aromatic rings. The second kappa shape index (κ2) is 4.99. The highest BCUT2D eigenvalue weighted by Crippen LogP contribution is 2.16. The number of rotatable bonds is 5. The summed E-state index contributed by atoms with van der Waals surface area (Å²) in [4.78, 5) is 10.4. The highest BCUT2D eigenvalue weighted by Gasteiger charge is 2.10. The van der Waals surface area contributed by atoms with Crippen molar-refractivity contribution in [2.75, 3.05) is 5.75 Å². The maximum Gasteiger partial charge on any atom is 0.313 e. The lowest BCUT2D eigenvalue weighted by Gasteiger charge is -2.03. The van der Waals surface area contributed by atoms with Gasteiger partial charge in [-0.3, -0.25) is 4.79 Å². The second-order valence-electron chi connectivity index (χ2n) is 2.68. The Morgan fingerprint density at radius 2 is 2.21 bits per heavy atom.